The number of hydrogen-bond donors (Lipinski definition) is 0. The van der Waals surface area contributed by atoms with Gasteiger partial charge in [-0.1, -0.05) is 13.8 Å². The predicted octanol–water partition coefficient (Wildman–Crippen LogP) is 1.65. The highest BCUT2D eigenvalue weighted by molar-refractivity contribution is 7.89. The van der Waals surface area contributed by atoms with Crippen molar-refractivity contribution in [2.45, 2.75) is 31.6 Å². The van der Waals surface area contributed by atoms with E-state index >= 15 is 0 Å². The molecule has 0 saturated carbocycles. The number of carbonyl (C=O) groups excluding carboxylic acids is 1. The van der Waals surface area contributed by atoms with Crippen LogP contribution in [0.1, 0.15) is 26.7 Å². The van der Waals surface area contributed by atoms with Crippen LogP contribution in [0.25, 0.3) is 0 Å². The molecule has 2 rings (SSSR count). The van der Waals surface area contributed by atoms with Gasteiger partial charge in [-0.3, -0.25) is 4.79 Å². The van der Waals surface area contributed by atoms with Crippen molar-refractivity contribution in [1.29, 1.82) is 0 Å². The van der Waals surface area contributed by atoms with Crippen LogP contribution in [0.5, 0.6) is 5.75 Å². The maximum atomic E-state index is 12.9. The highest BCUT2D eigenvalue weighted by atomic mass is 32.2. The normalized spacial score (nSPS) is 15.9. The van der Waals surface area contributed by atoms with E-state index < -0.39 is 10.0 Å². The second kappa shape index (κ2) is 10.1. The van der Waals surface area contributed by atoms with E-state index in [1.54, 1.807) is 31.4 Å². The van der Waals surface area contributed by atoms with Gasteiger partial charge in [0.1, 0.15) is 5.75 Å². The molecule has 0 aromatic heterocycles. The van der Waals surface area contributed by atoms with Gasteiger partial charge in [0.25, 0.3) is 0 Å². The number of hydrogen-bond acceptors (Lipinski definition) is 5. The van der Waals surface area contributed by atoms with Crippen LogP contribution >= 0.6 is 0 Å². The van der Waals surface area contributed by atoms with E-state index in [1.807, 2.05) is 11.8 Å². The molecule has 0 bridgehead atoms. The van der Waals surface area contributed by atoms with Gasteiger partial charge >= 0.3 is 0 Å². The van der Waals surface area contributed by atoms with Crippen LogP contribution in [0, 0.1) is 0 Å². The lowest BCUT2D eigenvalue weighted by molar-refractivity contribution is -0.133. The van der Waals surface area contributed by atoms with Crippen molar-refractivity contribution >= 4 is 15.9 Å². The summed E-state index contributed by atoms with van der Waals surface area (Å²) >= 11 is 0. The fourth-order valence-electron chi connectivity index (χ4n) is 3.19. The zero-order valence-corrected chi connectivity index (χ0v) is 17.4. The lowest BCUT2D eigenvalue weighted by atomic mass is 10.2. The van der Waals surface area contributed by atoms with Gasteiger partial charge < -0.3 is 14.5 Å². The average Bonchev–Trinajstić information content (AvgIpc) is 2.70. The minimum absolute atomic E-state index is 0.0248. The van der Waals surface area contributed by atoms with Crippen molar-refractivity contribution < 1.29 is 17.9 Å². The van der Waals surface area contributed by atoms with Crippen molar-refractivity contribution in [2.24, 2.45) is 0 Å². The summed E-state index contributed by atoms with van der Waals surface area (Å²) in [6.07, 6.45) is 0.903. The van der Waals surface area contributed by atoms with Gasteiger partial charge in [-0.05, 0) is 37.2 Å². The molecular weight excluding hydrogens is 366 g/mol. The van der Waals surface area contributed by atoms with Gasteiger partial charge in [0.2, 0.25) is 15.9 Å². The van der Waals surface area contributed by atoms with Crippen LogP contribution in [0.3, 0.4) is 0 Å². The average molecular weight is 398 g/mol. The zero-order chi connectivity index (χ0) is 19.9. The van der Waals surface area contributed by atoms with E-state index in [4.69, 9.17) is 4.74 Å². The monoisotopic (exact) mass is 397 g/mol. The molecule has 1 saturated heterocycles. The fourth-order valence-corrected chi connectivity index (χ4v) is 4.72. The van der Waals surface area contributed by atoms with Crippen LogP contribution in [-0.4, -0.2) is 81.4 Å². The second-order valence-corrected chi connectivity index (χ2v) is 8.58. The fraction of sp³-hybridized carbons (Fsp3) is 0.632. The minimum atomic E-state index is -3.63. The summed E-state index contributed by atoms with van der Waals surface area (Å²) in [5.41, 5.74) is 0. The number of rotatable bonds is 9. The Hall–Kier alpha value is -1.64. The number of ether oxygens (including phenoxy) is 1. The molecule has 1 aliphatic heterocycles. The van der Waals surface area contributed by atoms with Gasteiger partial charge in [-0.15, -0.1) is 0 Å². The number of sulfonamides is 1. The van der Waals surface area contributed by atoms with Crippen LogP contribution in [0.4, 0.5) is 0 Å². The molecule has 0 N–H and O–H groups in total. The highest BCUT2D eigenvalue weighted by Crippen LogP contribution is 2.20. The third-order valence-electron chi connectivity index (χ3n) is 4.92. The number of carbonyl (C=O) groups is 1. The van der Waals surface area contributed by atoms with E-state index in [-0.39, 0.29) is 23.8 Å². The van der Waals surface area contributed by atoms with Crippen LogP contribution in [0.15, 0.2) is 29.2 Å². The molecule has 0 atom stereocenters. The van der Waals surface area contributed by atoms with Gasteiger partial charge in [0, 0.05) is 45.7 Å². The number of piperazine rings is 1. The van der Waals surface area contributed by atoms with Crippen LogP contribution in [0.2, 0.25) is 0 Å². The van der Waals surface area contributed by atoms with Crippen LogP contribution < -0.4 is 4.74 Å². The van der Waals surface area contributed by atoms with E-state index in [0.29, 0.717) is 31.8 Å². The molecule has 1 aliphatic rings. The Morgan fingerprint density at radius 2 is 1.70 bits per heavy atom. The summed E-state index contributed by atoms with van der Waals surface area (Å²) in [5.74, 6) is 0.633. The van der Waals surface area contributed by atoms with Crippen molar-refractivity contribution in [1.82, 2.24) is 14.1 Å². The SMILES string of the molecule is CCCN(CCC(=O)N1CCN(CC)CC1)S(=O)(=O)c1ccc(OC)cc1. The smallest absolute Gasteiger partial charge is 0.243 e. The van der Waals surface area contributed by atoms with E-state index in [2.05, 4.69) is 11.8 Å². The predicted molar refractivity (Wildman–Crippen MR) is 105 cm³/mol. The molecule has 1 aromatic carbocycles. The zero-order valence-electron chi connectivity index (χ0n) is 16.6. The molecule has 0 spiro atoms. The first-order valence-corrected chi connectivity index (χ1v) is 11.0. The highest BCUT2D eigenvalue weighted by Gasteiger charge is 2.26. The molecule has 7 nitrogen and oxygen atoms in total. The minimum Gasteiger partial charge on any atom is -0.497 e. The Balaban J connectivity index is 2.00. The van der Waals surface area contributed by atoms with Crippen molar-refractivity contribution in [3.63, 3.8) is 0 Å². The molecule has 1 fully saturated rings. The Kier molecular flexibility index (Phi) is 8.07. The summed E-state index contributed by atoms with van der Waals surface area (Å²) in [6.45, 7) is 8.83. The van der Waals surface area contributed by atoms with Crippen molar-refractivity contribution in [3.05, 3.63) is 24.3 Å². The number of methoxy groups -OCH3 is 1. The van der Waals surface area contributed by atoms with Crippen LogP contribution in [-0.2, 0) is 14.8 Å². The van der Waals surface area contributed by atoms with E-state index in [1.165, 1.54) is 4.31 Å². The molecule has 1 aromatic rings. The Morgan fingerprint density at radius 3 is 2.22 bits per heavy atom. The maximum Gasteiger partial charge on any atom is 0.243 e. The molecule has 0 radical (unpaired) electrons. The number of likely N-dealkylation sites (N-methyl/N-ethyl adjacent to an activating group) is 1. The molecule has 1 amide bonds. The van der Waals surface area contributed by atoms with E-state index in [9.17, 15) is 13.2 Å². The first kappa shape index (κ1) is 21.7. The van der Waals surface area contributed by atoms with E-state index in [0.717, 1.165) is 19.6 Å². The first-order valence-electron chi connectivity index (χ1n) is 9.56. The lowest BCUT2D eigenvalue weighted by Gasteiger charge is -2.34. The van der Waals surface area contributed by atoms with Gasteiger partial charge in [0.05, 0.1) is 12.0 Å². The molecule has 0 unspecified atom stereocenters. The summed E-state index contributed by atoms with van der Waals surface area (Å²) in [7, 11) is -2.09. The van der Waals surface area contributed by atoms with Gasteiger partial charge in [-0.25, -0.2) is 8.42 Å². The maximum absolute atomic E-state index is 12.9. The van der Waals surface area contributed by atoms with Crippen molar-refractivity contribution in [2.75, 3.05) is 52.9 Å². The third-order valence-corrected chi connectivity index (χ3v) is 6.83. The molecule has 1 heterocycles. The summed E-state index contributed by atoms with van der Waals surface area (Å²) in [5, 5.41) is 0. The number of amides is 1. The standard InChI is InChI=1S/C19H31N3O4S/c1-4-11-22(27(24,25)18-8-6-17(26-3)7-9-18)12-10-19(23)21-15-13-20(5-2)14-16-21/h6-9H,4-5,10-16H2,1-3H3. The quantitative estimate of drug-likeness (QED) is 0.634. The van der Waals surface area contributed by atoms with Crippen molar-refractivity contribution in [3.8, 4) is 5.75 Å². The second-order valence-electron chi connectivity index (χ2n) is 6.64. The largest absolute Gasteiger partial charge is 0.497 e. The summed E-state index contributed by atoms with van der Waals surface area (Å²) in [6, 6.07) is 6.36. The van der Waals surface area contributed by atoms with Gasteiger partial charge in [-0.2, -0.15) is 4.31 Å². The topological polar surface area (TPSA) is 70.2 Å². The summed E-state index contributed by atoms with van der Waals surface area (Å²) in [4.78, 5) is 16.9. The number of nitrogens with zero attached hydrogens (tertiary/aromatic N) is 3. The molecular formula is C19H31N3O4S. The number of benzene rings is 1. The Morgan fingerprint density at radius 1 is 1.07 bits per heavy atom. The Bertz CT molecular complexity index is 698. The molecule has 152 valence electrons. The van der Waals surface area contributed by atoms with Gasteiger partial charge in [0.15, 0.2) is 0 Å². The first-order chi connectivity index (χ1) is 12.9. The molecule has 0 aliphatic carbocycles. The third kappa shape index (κ3) is 5.67. The molecule has 27 heavy (non-hydrogen) atoms. The lowest BCUT2D eigenvalue weighted by Crippen LogP contribution is -2.49. The molecule has 8 heteroatoms. The Labute approximate surface area is 162 Å². The summed E-state index contributed by atoms with van der Waals surface area (Å²) < 4.78 is 32.4.